The van der Waals surface area contributed by atoms with E-state index in [1.807, 2.05) is 0 Å². The number of hydrogen-bond donors (Lipinski definition) is 2. The predicted molar refractivity (Wildman–Crippen MR) is 72.0 cm³/mol. The molecule has 0 atom stereocenters. The van der Waals surface area contributed by atoms with Crippen LogP contribution in [0.1, 0.15) is 51.4 Å². The molecule has 0 aromatic rings. The number of carbonyl (C=O) groups excluding carboxylic acids is 1. The molecule has 2 rings (SSSR count). The average molecular weight is 268 g/mol. The van der Waals surface area contributed by atoms with E-state index >= 15 is 0 Å². The van der Waals surface area contributed by atoms with Crippen molar-refractivity contribution in [3.05, 3.63) is 0 Å². The smallest absolute Gasteiger partial charge is 0.323 e. The van der Waals surface area contributed by atoms with E-state index in [9.17, 15) is 9.59 Å². The highest BCUT2D eigenvalue weighted by atomic mass is 16.4. The Bertz CT molecular complexity index is 323. The van der Waals surface area contributed by atoms with Crippen LogP contribution < -0.4 is 5.32 Å². The SMILES string of the molecule is O=C(O)CN(C(=O)NCCC1CCCCC1)C1CC1. The van der Waals surface area contributed by atoms with Crippen LogP contribution in [0.2, 0.25) is 0 Å². The number of amides is 2. The molecule has 5 nitrogen and oxygen atoms in total. The van der Waals surface area contributed by atoms with Crippen LogP contribution in [0.15, 0.2) is 0 Å². The molecule has 0 unspecified atom stereocenters. The molecule has 2 N–H and O–H groups in total. The van der Waals surface area contributed by atoms with Crippen LogP contribution in [0, 0.1) is 5.92 Å². The summed E-state index contributed by atoms with van der Waals surface area (Å²) < 4.78 is 0. The highest BCUT2D eigenvalue weighted by molar-refractivity contribution is 5.80. The molecule has 2 saturated carbocycles. The molecular weight excluding hydrogens is 244 g/mol. The van der Waals surface area contributed by atoms with Gasteiger partial charge < -0.3 is 15.3 Å². The summed E-state index contributed by atoms with van der Waals surface area (Å²) >= 11 is 0. The fourth-order valence-electron chi connectivity index (χ4n) is 2.86. The fraction of sp³-hybridized carbons (Fsp3) is 0.857. The van der Waals surface area contributed by atoms with Gasteiger partial charge in [0, 0.05) is 12.6 Å². The van der Waals surface area contributed by atoms with Gasteiger partial charge in [0.2, 0.25) is 0 Å². The maximum atomic E-state index is 12.0. The van der Waals surface area contributed by atoms with E-state index in [4.69, 9.17) is 5.11 Å². The van der Waals surface area contributed by atoms with Crippen molar-refractivity contribution < 1.29 is 14.7 Å². The zero-order chi connectivity index (χ0) is 13.7. The number of hydrogen-bond acceptors (Lipinski definition) is 2. The molecule has 0 saturated heterocycles. The zero-order valence-corrected chi connectivity index (χ0v) is 11.4. The van der Waals surface area contributed by atoms with Crippen molar-refractivity contribution in [2.75, 3.05) is 13.1 Å². The molecule has 2 aliphatic carbocycles. The summed E-state index contributed by atoms with van der Waals surface area (Å²) in [6.07, 6.45) is 9.41. The number of carboxylic acid groups (broad SMARTS) is 1. The third kappa shape index (κ3) is 4.73. The number of nitrogens with one attached hydrogen (secondary N) is 1. The summed E-state index contributed by atoms with van der Waals surface area (Å²) in [5.41, 5.74) is 0. The van der Waals surface area contributed by atoms with Gasteiger partial charge in [0.05, 0.1) is 0 Å². The molecule has 5 heteroatoms. The van der Waals surface area contributed by atoms with Crippen molar-refractivity contribution in [1.82, 2.24) is 10.2 Å². The number of rotatable bonds is 6. The Morgan fingerprint density at radius 2 is 1.79 bits per heavy atom. The highest BCUT2D eigenvalue weighted by Crippen LogP contribution is 2.27. The molecule has 0 bridgehead atoms. The number of aliphatic carboxylic acids is 1. The fourth-order valence-corrected chi connectivity index (χ4v) is 2.86. The minimum atomic E-state index is -0.936. The first kappa shape index (κ1) is 14.2. The molecule has 19 heavy (non-hydrogen) atoms. The Hall–Kier alpha value is -1.26. The van der Waals surface area contributed by atoms with Crippen molar-refractivity contribution in [3.8, 4) is 0 Å². The normalized spacial score (nSPS) is 20.0. The van der Waals surface area contributed by atoms with Crippen molar-refractivity contribution in [2.24, 2.45) is 5.92 Å². The number of nitrogens with zero attached hydrogens (tertiary/aromatic N) is 1. The summed E-state index contributed by atoms with van der Waals surface area (Å²) in [6.45, 7) is 0.492. The monoisotopic (exact) mass is 268 g/mol. The second-order valence-corrected chi connectivity index (χ2v) is 5.78. The van der Waals surface area contributed by atoms with E-state index < -0.39 is 5.97 Å². The largest absolute Gasteiger partial charge is 0.480 e. The van der Waals surface area contributed by atoms with Crippen LogP contribution in [0.25, 0.3) is 0 Å². The van der Waals surface area contributed by atoms with Gasteiger partial charge in [0.1, 0.15) is 6.54 Å². The first-order valence-corrected chi connectivity index (χ1v) is 7.43. The number of carbonyl (C=O) groups is 2. The molecule has 108 valence electrons. The quantitative estimate of drug-likeness (QED) is 0.776. The molecule has 0 heterocycles. The second-order valence-electron chi connectivity index (χ2n) is 5.78. The lowest BCUT2D eigenvalue weighted by atomic mass is 9.87. The van der Waals surface area contributed by atoms with E-state index in [0.29, 0.717) is 6.54 Å². The number of carboxylic acids is 1. The Morgan fingerprint density at radius 3 is 2.37 bits per heavy atom. The van der Waals surface area contributed by atoms with E-state index in [1.165, 1.54) is 37.0 Å². The third-order valence-corrected chi connectivity index (χ3v) is 4.11. The van der Waals surface area contributed by atoms with Crippen molar-refractivity contribution >= 4 is 12.0 Å². The molecule has 0 spiro atoms. The van der Waals surface area contributed by atoms with Crippen LogP contribution in [-0.4, -0.2) is 41.1 Å². The standard InChI is InChI=1S/C14H24N2O3/c17-13(18)10-16(12-6-7-12)14(19)15-9-8-11-4-2-1-3-5-11/h11-12H,1-10H2,(H,15,19)(H,17,18). The Balaban J connectivity index is 1.68. The minimum Gasteiger partial charge on any atom is -0.480 e. The van der Waals surface area contributed by atoms with Crippen LogP contribution >= 0.6 is 0 Å². The molecule has 0 aromatic carbocycles. The second kappa shape index (κ2) is 6.78. The summed E-state index contributed by atoms with van der Waals surface area (Å²) in [7, 11) is 0. The highest BCUT2D eigenvalue weighted by Gasteiger charge is 2.33. The van der Waals surface area contributed by atoms with E-state index in [-0.39, 0.29) is 18.6 Å². The summed E-state index contributed by atoms with van der Waals surface area (Å²) in [4.78, 5) is 24.2. The van der Waals surface area contributed by atoms with Crippen LogP contribution in [0.3, 0.4) is 0 Å². The van der Waals surface area contributed by atoms with Gasteiger partial charge in [0.25, 0.3) is 0 Å². The van der Waals surface area contributed by atoms with E-state index in [2.05, 4.69) is 5.32 Å². The van der Waals surface area contributed by atoms with Crippen molar-refractivity contribution in [3.63, 3.8) is 0 Å². The summed E-state index contributed by atoms with van der Waals surface area (Å²) in [5, 5.41) is 11.7. The molecule has 2 aliphatic rings. The van der Waals surface area contributed by atoms with E-state index in [1.54, 1.807) is 0 Å². The van der Waals surface area contributed by atoms with Gasteiger partial charge in [-0.25, -0.2) is 4.79 Å². The first-order valence-electron chi connectivity index (χ1n) is 7.43. The zero-order valence-electron chi connectivity index (χ0n) is 11.4. The Morgan fingerprint density at radius 1 is 1.11 bits per heavy atom. The molecule has 0 aromatic heterocycles. The third-order valence-electron chi connectivity index (χ3n) is 4.11. The molecule has 2 fully saturated rings. The average Bonchev–Trinajstić information content (AvgIpc) is 3.21. The maximum Gasteiger partial charge on any atom is 0.323 e. The lowest BCUT2D eigenvalue weighted by Gasteiger charge is -2.23. The van der Waals surface area contributed by atoms with Gasteiger partial charge in [-0.05, 0) is 25.2 Å². The summed E-state index contributed by atoms with van der Waals surface area (Å²) in [6, 6.07) is -0.0634. The minimum absolute atomic E-state index is 0.144. The topological polar surface area (TPSA) is 69.6 Å². The van der Waals surface area contributed by atoms with Crippen LogP contribution in [0.5, 0.6) is 0 Å². The van der Waals surface area contributed by atoms with Crippen LogP contribution in [-0.2, 0) is 4.79 Å². The van der Waals surface area contributed by atoms with Gasteiger partial charge in [-0.15, -0.1) is 0 Å². The van der Waals surface area contributed by atoms with Gasteiger partial charge in [-0.3, -0.25) is 4.79 Å². The molecule has 2 amide bonds. The van der Waals surface area contributed by atoms with Gasteiger partial charge in [-0.1, -0.05) is 32.1 Å². The molecule has 0 radical (unpaired) electrons. The van der Waals surface area contributed by atoms with Gasteiger partial charge in [-0.2, -0.15) is 0 Å². The first-order chi connectivity index (χ1) is 9.16. The Kier molecular flexibility index (Phi) is 5.05. The summed E-state index contributed by atoms with van der Waals surface area (Å²) in [5.74, 6) is -0.197. The lowest BCUT2D eigenvalue weighted by molar-refractivity contribution is -0.137. The molecule has 0 aliphatic heterocycles. The lowest BCUT2D eigenvalue weighted by Crippen LogP contribution is -2.44. The van der Waals surface area contributed by atoms with Crippen molar-refractivity contribution in [2.45, 2.75) is 57.4 Å². The van der Waals surface area contributed by atoms with Crippen molar-refractivity contribution in [1.29, 1.82) is 0 Å². The maximum absolute atomic E-state index is 12.0. The van der Waals surface area contributed by atoms with Crippen LogP contribution in [0.4, 0.5) is 4.79 Å². The van der Waals surface area contributed by atoms with E-state index in [0.717, 1.165) is 25.2 Å². The Labute approximate surface area is 114 Å². The van der Waals surface area contributed by atoms with Gasteiger partial charge in [0.15, 0.2) is 0 Å². The molecular formula is C14H24N2O3. The predicted octanol–water partition coefficient (Wildman–Crippen LogP) is 2.22. The number of urea groups is 1. The van der Waals surface area contributed by atoms with Gasteiger partial charge >= 0.3 is 12.0 Å².